The van der Waals surface area contributed by atoms with E-state index in [1.54, 1.807) is 0 Å². The van der Waals surface area contributed by atoms with Crippen LogP contribution in [-0.4, -0.2) is 29.7 Å². The van der Waals surface area contributed by atoms with Gasteiger partial charge in [0.1, 0.15) is 6.10 Å². The van der Waals surface area contributed by atoms with Gasteiger partial charge in [0, 0.05) is 12.6 Å². The summed E-state index contributed by atoms with van der Waals surface area (Å²) in [6.45, 7) is 2.98. The Morgan fingerprint density at radius 1 is 1.21 bits per heavy atom. The Labute approximate surface area is 85.4 Å². The molecule has 3 heteroatoms. The van der Waals surface area contributed by atoms with Crippen molar-refractivity contribution in [3.8, 4) is 0 Å². The average Bonchev–Trinajstić information content (AvgIpc) is 2.75. The van der Waals surface area contributed by atoms with Crippen LogP contribution in [0, 0.1) is 0 Å². The van der Waals surface area contributed by atoms with Crippen molar-refractivity contribution < 1.29 is 9.53 Å². The minimum atomic E-state index is -0.0816. The van der Waals surface area contributed by atoms with Gasteiger partial charge in [0.05, 0.1) is 0 Å². The lowest BCUT2D eigenvalue weighted by molar-refractivity contribution is 0.0639. The van der Waals surface area contributed by atoms with E-state index >= 15 is 0 Å². The predicted octanol–water partition coefficient (Wildman–Crippen LogP) is 2.55. The molecule has 14 heavy (non-hydrogen) atoms. The zero-order valence-electron chi connectivity index (χ0n) is 8.87. The number of carbonyl (C=O) groups is 1. The quantitative estimate of drug-likeness (QED) is 0.646. The highest BCUT2D eigenvalue weighted by Crippen LogP contribution is 2.24. The van der Waals surface area contributed by atoms with Crippen molar-refractivity contribution in [2.75, 3.05) is 6.54 Å². The van der Waals surface area contributed by atoms with Gasteiger partial charge in [-0.1, -0.05) is 0 Å². The summed E-state index contributed by atoms with van der Waals surface area (Å²) in [6.07, 6.45) is 6.93. The third kappa shape index (κ3) is 2.02. The van der Waals surface area contributed by atoms with Crippen LogP contribution < -0.4 is 0 Å². The normalized spacial score (nSPS) is 28.4. The van der Waals surface area contributed by atoms with E-state index in [1.165, 1.54) is 12.8 Å². The summed E-state index contributed by atoms with van der Waals surface area (Å²) in [5, 5.41) is 0. The van der Waals surface area contributed by atoms with Gasteiger partial charge in [0.25, 0.3) is 0 Å². The lowest BCUT2D eigenvalue weighted by Gasteiger charge is -2.23. The number of nitrogens with zero attached hydrogens (tertiary/aromatic N) is 1. The maximum Gasteiger partial charge on any atom is 0.410 e. The van der Waals surface area contributed by atoms with Crippen molar-refractivity contribution >= 4 is 6.09 Å². The Kier molecular flexibility index (Phi) is 2.94. The fourth-order valence-electron chi connectivity index (χ4n) is 2.42. The molecule has 1 atom stereocenters. The van der Waals surface area contributed by atoms with Crippen LogP contribution in [0.4, 0.5) is 4.79 Å². The van der Waals surface area contributed by atoms with Gasteiger partial charge in [-0.15, -0.1) is 0 Å². The van der Waals surface area contributed by atoms with E-state index in [-0.39, 0.29) is 12.2 Å². The minimum Gasteiger partial charge on any atom is -0.446 e. The summed E-state index contributed by atoms with van der Waals surface area (Å²) >= 11 is 0. The Bertz CT molecular complexity index is 211. The minimum absolute atomic E-state index is 0.0816. The molecule has 0 bridgehead atoms. The number of carbonyl (C=O) groups excluding carboxylic acids is 1. The highest BCUT2D eigenvalue weighted by molar-refractivity contribution is 5.68. The Hall–Kier alpha value is -0.730. The molecule has 2 fully saturated rings. The molecule has 3 nitrogen and oxygen atoms in total. The van der Waals surface area contributed by atoms with E-state index < -0.39 is 0 Å². The number of amides is 1. The summed E-state index contributed by atoms with van der Waals surface area (Å²) in [6, 6.07) is 0.379. The molecule has 0 aromatic carbocycles. The molecule has 2 rings (SSSR count). The van der Waals surface area contributed by atoms with Crippen molar-refractivity contribution in [2.24, 2.45) is 0 Å². The summed E-state index contributed by atoms with van der Waals surface area (Å²) < 4.78 is 5.45. The first-order chi connectivity index (χ1) is 6.77. The number of rotatable bonds is 1. The number of likely N-dealkylation sites (tertiary alicyclic amines) is 1. The molecule has 0 radical (unpaired) electrons. The first-order valence-corrected chi connectivity index (χ1v) is 5.74. The van der Waals surface area contributed by atoms with Gasteiger partial charge in [-0.2, -0.15) is 0 Å². The third-order valence-corrected chi connectivity index (χ3v) is 3.36. The van der Waals surface area contributed by atoms with Crippen molar-refractivity contribution in [3.05, 3.63) is 0 Å². The van der Waals surface area contributed by atoms with E-state index in [1.807, 2.05) is 4.90 Å². The van der Waals surface area contributed by atoms with Gasteiger partial charge in [0.15, 0.2) is 0 Å². The summed E-state index contributed by atoms with van der Waals surface area (Å²) in [5.74, 6) is 0. The molecule has 0 unspecified atom stereocenters. The Morgan fingerprint density at radius 3 is 2.50 bits per heavy atom. The molecular formula is C11H19NO2. The van der Waals surface area contributed by atoms with Crippen LogP contribution >= 0.6 is 0 Å². The fraction of sp³-hybridized carbons (Fsp3) is 0.909. The maximum atomic E-state index is 11.7. The standard InChI is InChI=1S/C11H19NO2/c1-9-5-4-8-12(9)11(13)14-10-6-2-3-7-10/h9-10H,2-8H2,1H3/t9-/m0/s1. The molecule has 1 saturated heterocycles. The SMILES string of the molecule is C[C@H]1CCCN1C(=O)OC1CCCC1. The number of ether oxygens (including phenoxy) is 1. The van der Waals surface area contributed by atoms with Crippen LogP contribution in [0.1, 0.15) is 45.4 Å². The van der Waals surface area contributed by atoms with Gasteiger partial charge in [0.2, 0.25) is 0 Å². The molecule has 1 saturated carbocycles. The lowest BCUT2D eigenvalue weighted by Crippen LogP contribution is -2.35. The second-order valence-corrected chi connectivity index (χ2v) is 4.47. The van der Waals surface area contributed by atoms with Crippen LogP contribution in [0.2, 0.25) is 0 Å². The van der Waals surface area contributed by atoms with Gasteiger partial charge in [-0.05, 0) is 45.4 Å². The first kappa shape index (κ1) is 9.81. The molecule has 0 spiro atoms. The number of hydrogen-bond acceptors (Lipinski definition) is 2. The predicted molar refractivity (Wildman–Crippen MR) is 54.1 cm³/mol. The van der Waals surface area contributed by atoms with Crippen LogP contribution in [0.15, 0.2) is 0 Å². The van der Waals surface area contributed by atoms with Crippen LogP contribution in [-0.2, 0) is 4.74 Å². The van der Waals surface area contributed by atoms with Crippen LogP contribution in [0.5, 0.6) is 0 Å². The van der Waals surface area contributed by atoms with Gasteiger partial charge < -0.3 is 9.64 Å². The maximum absolute atomic E-state index is 11.7. The third-order valence-electron chi connectivity index (χ3n) is 3.36. The topological polar surface area (TPSA) is 29.5 Å². The summed E-state index contributed by atoms with van der Waals surface area (Å²) in [7, 11) is 0. The molecule has 0 aromatic rings. The van der Waals surface area contributed by atoms with Crippen molar-refractivity contribution in [2.45, 2.75) is 57.6 Å². The van der Waals surface area contributed by atoms with E-state index in [0.717, 1.165) is 32.2 Å². The largest absolute Gasteiger partial charge is 0.446 e. The second kappa shape index (κ2) is 4.20. The molecule has 80 valence electrons. The van der Waals surface area contributed by atoms with Gasteiger partial charge >= 0.3 is 6.09 Å². The smallest absolute Gasteiger partial charge is 0.410 e. The summed E-state index contributed by atoms with van der Waals surface area (Å²) in [4.78, 5) is 13.6. The Balaban J connectivity index is 1.82. The lowest BCUT2D eigenvalue weighted by atomic mass is 10.2. The molecule has 1 amide bonds. The highest BCUT2D eigenvalue weighted by atomic mass is 16.6. The van der Waals surface area contributed by atoms with Gasteiger partial charge in [-0.3, -0.25) is 0 Å². The monoisotopic (exact) mass is 197 g/mol. The molecular weight excluding hydrogens is 178 g/mol. The zero-order chi connectivity index (χ0) is 9.97. The highest BCUT2D eigenvalue weighted by Gasteiger charge is 2.29. The van der Waals surface area contributed by atoms with Crippen molar-refractivity contribution in [3.63, 3.8) is 0 Å². The fourth-order valence-corrected chi connectivity index (χ4v) is 2.42. The molecule has 1 aliphatic heterocycles. The zero-order valence-corrected chi connectivity index (χ0v) is 8.87. The molecule has 0 aromatic heterocycles. The van der Waals surface area contributed by atoms with Crippen molar-refractivity contribution in [1.29, 1.82) is 0 Å². The Morgan fingerprint density at radius 2 is 1.93 bits per heavy atom. The van der Waals surface area contributed by atoms with Crippen LogP contribution in [0.25, 0.3) is 0 Å². The average molecular weight is 197 g/mol. The molecule has 0 N–H and O–H groups in total. The molecule has 2 aliphatic rings. The molecule has 1 heterocycles. The van der Waals surface area contributed by atoms with E-state index in [4.69, 9.17) is 4.74 Å². The first-order valence-electron chi connectivity index (χ1n) is 5.74. The van der Waals surface area contributed by atoms with Crippen molar-refractivity contribution in [1.82, 2.24) is 4.90 Å². The number of hydrogen-bond donors (Lipinski definition) is 0. The van der Waals surface area contributed by atoms with E-state index in [0.29, 0.717) is 6.04 Å². The van der Waals surface area contributed by atoms with E-state index in [2.05, 4.69) is 6.92 Å². The second-order valence-electron chi connectivity index (χ2n) is 4.47. The van der Waals surface area contributed by atoms with E-state index in [9.17, 15) is 4.79 Å². The van der Waals surface area contributed by atoms with Crippen LogP contribution in [0.3, 0.4) is 0 Å². The molecule has 1 aliphatic carbocycles. The van der Waals surface area contributed by atoms with Gasteiger partial charge in [-0.25, -0.2) is 4.79 Å². The summed E-state index contributed by atoms with van der Waals surface area (Å²) in [5.41, 5.74) is 0.